The summed E-state index contributed by atoms with van der Waals surface area (Å²) < 4.78 is 31.0. The second-order valence-corrected chi connectivity index (χ2v) is 9.20. The van der Waals surface area contributed by atoms with Crippen LogP contribution < -0.4 is 10.1 Å². The first kappa shape index (κ1) is 19.1. The van der Waals surface area contributed by atoms with Crippen molar-refractivity contribution in [3.05, 3.63) is 36.0 Å². The number of aromatic nitrogens is 4. The Labute approximate surface area is 158 Å². The molecule has 0 spiro atoms. The lowest BCUT2D eigenvalue weighted by molar-refractivity contribution is 0.365. The van der Waals surface area contributed by atoms with Gasteiger partial charge in [-0.25, -0.2) is 18.1 Å². The third-order valence-corrected chi connectivity index (χ3v) is 4.84. The summed E-state index contributed by atoms with van der Waals surface area (Å²) in [7, 11) is -1.95. The molecule has 1 aromatic carbocycles. The van der Waals surface area contributed by atoms with Crippen LogP contribution in [0.5, 0.6) is 5.75 Å². The van der Waals surface area contributed by atoms with E-state index in [-0.39, 0.29) is 10.7 Å². The summed E-state index contributed by atoms with van der Waals surface area (Å²) in [5, 5.41) is 8.05. The van der Waals surface area contributed by atoms with Crippen LogP contribution >= 0.6 is 0 Å². The molecule has 9 heteroatoms. The maximum Gasteiger partial charge on any atom is 0.250 e. The number of methoxy groups -OCH3 is 1. The number of anilines is 1. The quantitative estimate of drug-likeness (QED) is 0.670. The molecule has 0 saturated carbocycles. The molecule has 8 nitrogen and oxygen atoms in total. The fourth-order valence-corrected chi connectivity index (χ4v) is 3.12. The van der Waals surface area contributed by atoms with Gasteiger partial charge in [-0.05, 0) is 38.5 Å². The molecule has 0 unspecified atom stereocenters. The van der Waals surface area contributed by atoms with Crippen molar-refractivity contribution in [2.75, 3.05) is 18.7 Å². The molecule has 3 aromatic rings. The van der Waals surface area contributed by atoms with Crippen LogP contribution in [0.15, 0.2) is 35.6 Å². The minimum Gasteiger partial charge on any atom is -0.497 e. The summed E-state index contributed by atoms with van der Waals surface area (Å²) >= 11 is 0. The van der Waals surface area contributed by atoms with Gasteiger partial charge in [-0.2, -0.15) is 10.1 Å². The van der Waals surface area contributed by atoms with Crippen LogP contribution in [0.25, 0.3) is 11.0 Å². The zero-order valence-corrected chi connectivity index (χ0v) is 16.8. The standard InChI is InChI=1S/C18H23N5O3S/c1-18(2,3)23-16-14(11-20-23)15(21-17(22-16)27(5,24)25)19-10-12-6-8-13(26-4)9-7-12/h6-9,11H,10H2,1-5H3,(H,19,21,22). The van der Waals surface area contributed by atoms with E-state index in [1.165, 1.54) is 0 Å². The van der Waals surface area contributed by atoms with Gasteiger partial charge >= 0.3 is 0 Å². The minimum absolute atomic E-state index is 0.224. The normalized spacial score (nSPS) is 12.3. The van der Waals surface area contributed by atoms with E-state index in [0.29, 0.717) is 23.4 Å². The number of ether oxygens (including phenoxy) is 1. The third kappa shape index (κ3) is 4.02. The van der Waals surface area contributed by atoms with Crippen molar-refractivity contribution in [2.24, 2.45) is 0 Å². The molecule has 0 bridgehead atoms. The summed E-state index contributed by atoms with van der Waals surface area (Å²) in [6.45, 7) is 6.41. The summed E-state index contributed by atoms with van der Waals surface area (Å²) in [6.07, 6.45) is 2.75. The largest absolute Gasteiger partial charge is 0.497 e. The Morgan fingerprint density at radius 1 is 1.15 bits per heavy atom. The highest BCUT2D eigenvalue weighted by atomic mass is 32.2. The maximum absolute atomic E-state index is 12.1. The summed E-state index contributed by atoms with van der Waals surface area (Å²) in [5.41, 5.74) is 1.14. The van der Waals surface area contributed by atoms with Crippen molar-refractivity contribution >= 4 is 26.7 Å². The molecule has 0 radical (unpaired) electrons. The van der Waals surface area contributed by atoms with Gasteiger partial charge in [0.2, 0.25) is 9.84 Å². The Morgan fingerprint density at radius 3 is 2.37 bits per heavy atom. The van der Waals surface area contributed by atoms with Gasteiger partial charge in [-0.15, -0.1) is 0 Å². The first-order chi connectivity index (χ1) is 12.6. The molecule has 2 heterocycles. The Balaban J connectivity index is 2.03. The van der Waals surface area contributed by atoms with Crippen molar-refractivity contribution in [3.63, 3.8) is 0 Å². The van der Waals surface area contributed by atoms with Crippen LogP contribution in [0, 0.1) is 0 Å². The van der Waals surface area contributed by atoms with Crippen molar-refractivity contribution < 1.29 is 13.2 Å². The van der Waals surface area contributed by atoms with Crippen molar-refractivity contribution in [3.8, 4) is 5.75 Å². The van der Waals surface area contributed by atoms with Crippen LogP contribution in [0.1, 0.15) is 26.3 Å². The van der Waals surface area contributed by atoms with E-state index < -0.39 is 9.84 Å². The van der Waals surface area contributed by atoms with E-state index in [1.807, 2.05) is 45.0 Å². The predicted octanol–water partition coefficient (Wildman–Crippen LogP) is 2.61. The molecule has 27 heavy (non-hydrogen) atoms. The lowest BCUT2D eigenvalue weighted by Gasteiger charge is -2.20. The minimum atomic E-state index is -3.57. The molecule has 3 rings (SSSR count). The Kier molecular flexibility index (Phi) is 4.81. The molecule has 0 aliphatic carbocycles. The molecule has 1 N–H and O–H groups in total. The second-order valence-electron chi connectivity index (χ2n) is 7.29. The monoisotopic (exact) mass is 389 g/mol. The first-order valence-corrected chi connectivity index (χ1v) is 10.3. The fourth-order valence-electron chi connectivity index (χ4n) is 2.61. The Hall–Kier alpha value is -2.68. The van der Waals surface area contributed by atoms with E-state index >= 15 is 0 Å². The van der Waals surface area contributed by atoms with E-state index in [4.69, 9.17) is 4.74 Å². The van der Waals surface area contributed by atoms with Gasteiger partial charge in [-0.3, -0.25) is 0 Å². The lowest BCUT2D eigenvalue weighted by atomic mass is 10.1. The number of hydrogen-bond donors (Lipinski definition) is 1. The Bertz CT molecular complexity index is 1070. The van der Waals surface area contributed by atoms with Gasteiger partial charge in [0.15, 0.2) is 5.65 Å². The SMILES string of the molecule is COc1ccc(CNc2nc(S(C)(=O)=O)nc3c2cnn3C(C)(C)C)cc1. The van der Waals surface area contributed by atoms with Gasteiger partial charge in [0.05, 0.1) is 24.2 Å². The lowest BCUT2D eigenvalue weighted by Crippen LogP contribution is -2.23. The zero-order valence-electron chi connectivity index (χ0n) is 16.0. The second kappa shape index (κ2) is 6.80. The van der Waals surface area contributed by atoms with Crippen LogP contribution in [-0.2, 0) is 21.9 Å². The van der Waals surface area contributed by atoms with E-state index in [9.17, 15) is 8.42 Å². The molecule has 144 valence electrons. The number of fused-ring (bicyclic) bond motifs is 1. The van der Waals surface area contributed by atoms with Gasteiger partial charge in [0, 0.05) is 12.8 Å². The molecule has 0 fully saturated rings. The van der Waals surface area contributed by atoms with E-state index in [2.05, 4.69) is 20.4 Å². The Morgan fingerprint density at radius 2 is 1.81 bits per heavy atom. The van der Waals surface area contributed by atoms with Crippen LogP contribution in [0.4, 0.5) is 5.82 Å². The average Bonchev–Trinajstić information content (AvgIpc) is 3.03. The van der Waals surface area contributed by atoms with Gasteiger partial charge < -0.3 is 10.1 Å². The van der Waals surface area contributed by atoms with E-state index in [1.54, 1.807) is 18.0 Å². The maximum atomic E-state index is 12.1. The average molecular weight is 389 g/mol. The molecule has 2 aromatic heterocycles. The van der Waals surface area contributed by atoms with Crippen LogP contribution in [-0.4, -0.2) is 41.5 Å². The summed E-state index contributed by atoms with van der Waals surface area (Å²) in [4.78, 5) is 8.48. The van der Waals surface area contributed by atoms with Crippen molar-refractivity contribution in [2.45, 2.75) is 38.0 Å². The highest BCUT2D eigenvalue weighted by Crippen LogP contribution is 2.26. The molecule has 0 amide bonds. The molecular weight excluding hydrogens is 366 g/mol. The van der Waals surface area contributed by atoms with Crippen LogP contribution in [0.2, 0.25) is 0 Å². The van der Waals surface area contributed by atoms with Gasteiger partial charge in [-0.1, -0.05) is 12.1 Å². The van der Waals surface area contributed by atoms with Gasteiger partial charge in [0.1, 0.15) is 11.6 Å². The molecule has 0 aliphatic heterocycles. The molecular formula is C18H23N5O3S. The van der Waals surface area contributed by atoms with E-state index in [0.717, 1.165) is 17.6 Å². The summed E-state index contributed by atoms with van der Waals surface area (Å²) in [5.74, 6) is 1.21. The molecule has 0 atom stereocenters. The molecule has 0 saturated heterocycles. The summed E-state index contributed by atoms with van der Waals surface area (Å²) in [6, 6.07) is 7.60. The topological polar surface area (TPSA) is 99.0 Å². The third-order valence-electron chi connectivity index (χ3n) is 3.99. The highest BCUT2D eigenvalue weighted by Gasteiger charge is 2.23. The number of nitrogens with zero attached hydrogens (tertiary/aromatic N) is 4. The number of sulfone groups is 1. The number of rotatable bonds is 5. The van der Waals surface area contributed by atoms with Gasteiger partial charge in [0.25, 0.3) is 5.16 Å². The smallest absolute Gasteiger partial charge is 0.250 e. The van der Waals surface area contributed by atoms with Crippen LogP contribution in [0.3, 0.4) is 0 Å². The number of nitrogens with one attached hydrogen (secondary N) is 1. The zero-order chi connectivity index (χ0) is 19.8. The molecule has 0 aliphatic rings. The number of benzene rings is 1. The fraction of sp³-hybridized carbons (Fsp3) is 0.389. The van der Waals surface area contributed by atoms with Crippen molar-refractivity contribution in [1.29, 1.82) is 0 Å². The first-order valence-electron chi connectivity index (χ1n) is 8.43. The number of hydrogen-bond acceptors (Lipinski definition) is 7. The van der Waals surface area contributed by atoms with Crippen molar-refractivity contribution in [1.82, 2.24) is 19.7 Å². The highest BCUT2D eigenvalue weighted by molar-refractivity contribution is 7.90. The predicted molar refractivity (Wildman–Crippen MR) is 104 cm³/mol.